The average molecular weight is 330 g/mol. The SMILES string of the molecule is Cc1ccc(Cl)cc1N1C(=O)CSC1/C=C/c1ccccc1. The van der Waals surface area contributed by atoms with Crippen LogP contribution in [-0.4, -0.2) is 17.0 Å². The van der Waals surface area contributed by atoms with E-state index in [1.165, 1.54) is 0 Å². The Bertz CT molecular complexity index is 714. The zero-order valence-electron chi connectivity index (χ0n) is 12.2. The van der Waals surface area contributed by atoms with Gasteiger partial charge in [-0.25, -0.2) is 0 Å². The van der Waals surface area contributed by atoms with Crippen LogP contribution in [0.2, 0.25) is 5.02 Å². The van der Waals surface area contributed by atoms with Crippen LogP contribution >= 0.6 is 23.4 Å². The summed E-state index contributed by atoms with van der Waals surface area (Å²) in [4.78, 5) is 14.1. The van der Waals surface area contributed by atoms with E-state index in [4.69, 9.17) is 11.6 Å². The Labute approximate surface area is 139 Å². The molecular formula is C18H16ClNOS. The number of thioether (sulfide) groups is 1. The number of aryl methyl sites for hydroxylation is 1. The lowest BCUT2D eigenvalue weighted by Gasteiger charge is -2.23. The van der Waals surface area contributed by atoms with Crippen LogP contribution in [0.3, 0.4) is 0 Å². The normalized spacial score (nSPS) is 18.4. The summed E-state index contributed by atoms with van der Waals surface area (Å²) < 4.78 is 0. The molecule has 0 saturated carbocycles. The van der Waals surface area contributed by atoms with Crippen molar-refractivity contribution in [3.8, 4) is 0 Å². The number of nitrogens with zero attached hydrogens (tertiary/aromatic N) is 1. The van der Waals surface area contributed by atoms with E-state index < -0.39 is 0 Å². The van der Waals surface area contributed by atoms with Gasteiger partial charge in [0.2, 0.25) is 5.91 Å². The molecule has 1 unspecified atom stereocenters. The van der Waals surface area contributed by atoms with Crippen LogP contribution in [0.25, 0.3) is 6.08 Å². The van der Waals surface area contributed by atoms with Crippen molar-refractivity contribution < 1.29 is 4.79 Å². The van der Waals surface area contributed by atoms with Gasteiger partial charge in [-0.1, -0.05) is 60.2 Å². The van der Waals surface area contributed by atoms with Crippen LogP contribution in [0.4, 0.5) is 5.69 Å². The molecule has 1 amide bonds. The molecule has 4 heteroatoms. The molecule has 1 aliphatic rings. The molecular weight excluding hydrogens is 314 g/mol. The molecule has 112 valence electrons. The van der Waals surface area contributed by atoms with E-state index in [0.717, 1.165) is 16.8 Å². The highest BCUT2D eigenvalue weighted by Gasteiger charge is 2.32. The minimum absolute atomic E-state index is 0.00451. The molecule has 1 heterocycles. The number of anilines is 1. The predicted molar refractivity (Wildman–Crippen MR) is 95.4 cm³/mol. The van der Waals surface area contributed by atoms with Gasteiger partial charge in [0.15, 0.2) is 0 Å². The number of rotatable bonds is 3. The molecule has 2 nitrogen and oxygen atoms in total. The summed E-state index contributed by atoms with van der Waals surface area (Å²) in [5, 5.41) is 0.654. The van der Waals surface area contributed by atoms with Crippen LogP contribution in [0.15, 0.2) is 54.6 Å². The molecule has 1 fully saturated rings. The summed E-state index contributed by atoms with van der Waals surface area (Å²) in [6.45, 7) is 2.00. The topological polar surface area (TPSA) is 20.3 Å². The van der Waals surface area contributed by atoms with Gasteiger partial charge < -0.3 is 0 Å². The maximum atomic E-state index is 12.3. The van der Waals surface area contributed by atoms with Crippen LogP contribution in [-0.2, 0) is 4.79 Å². The number of halogens is 1. The van der Waals surface area contributed by atoms with Gasteiger partial charge in [-0.05, 0) is 30.2 Å². The van der Waals surface area contributed by atoms with E-state index in [-0.39, 0.29) is 11.3 Å². The van der Waals surface area contributed by atoms with Crippen molar-refractivity contribution in [2.45, 2.75) is 12.3 Å². The minimum atomic E-state index is 0.00451. The fourth-order valence-corrected chi connectivity index (χ4v) is 3.64. The third-order valence-electron chi connectivity index (χ3n) is 3.58. The van der Waals surface area contributed by atoms with E-state index in [9.17, 15) is 4.79 Å². The molecule has 1 atom stereocenters. The van der Waals surface area contributed by atoms with Crippen molar-refractivity contribution in [2.75, 3.05) is 10.7 Å². The van der Waals surface area contributed by atoms with Crippen molar-refractivity contribution >= 4 is 41.0 Å². The van der Waals surface area contributed by atoms with E-state index in [2.05, 4.69) is 12.2 Å². The van der Waals surface area contributed by atoms with Crippen molar-refractivity contribution in [2.24, 2.45) is 0 Å². The highest BCUT2D eigenvalue weighted by Crippen LogP contribution is 2.35. The van der Waals surface area contributed by atoms with Crippen LogP contribution < -0.4 is 4.90 Å². The fraction of sp³-hybridized carbons (Fsp3) is 0.167. The van der Waals surface area contributed by atoms with Gasteiger partial charge in [-0.3, -0.25) is 9.69 Å². The Morgan fingerprint density at radius 1 is 1.23 bits per heavy atom. The second kappa shape index (κ2) is 6.59. The third kappa shape index (κ3) is 3.21. The first kappa shape index (κ1) is 15.2. The summed E-state index contributed by atoms with van der Waals surface area (Å²) in [5.74, 6) is 0.619. The average Bonchev–Trinajstić information content (AvgIpc) is 2.89. The standard InChI is InChI=1S/C18H16ClNOS/c1-13-7-9-15(19)11-16(13)20-17(21)12-22-18(20)10-8-14-5-3-2-4-6-14/h2-11,18H,12H2,1H3/b10-8+. The fourth-order valence-electron chi connectivity index (χ4n) is 2.46. The summed E-state index contributed by atoms with van der Waals surface area (Å²) in [6, 6.07) is 15.8. The zero-order chi connectivity index (χ0) is 15.5. The van der Waals surface area contributed by atoms with Gasteiger partial charge in [0.05, 0.1) is 5.75 Å². The maximum absolute atomic E-state index is 12.3. The lowest BCUT2D eigenvalue weighted by molar-refractivity contribution is -0.115. The molecule has 0 N–H and O–H groups in total. The maximum Gasteiger partial charge on any atom is 0.238 e. The monoisotopic (exact) mass is 329 g/mol. The third-order valence-corrected chi connectivity index (χ3v) is 4.94. The van der Waals surface area contributed by atoms with Gasteiger partial charge in [-0.15, -0.1) is 11.8 Å². The van der Waals surface area contributed by atoms with Crippen molar-refractivity contribution in [1.29, 1.82) is 0 Å². The minimum Gasteiger partial charge on any atom is -0.295 e. The van der Waals surface area contributed by atoms with Crippen molar-refractivity contribution in [3.63, 3.8) is 0 Å². The van der Waals surface area contributed by atoms with E-state index >= 15 is 0 Å². The molecule has 0 aromatic heterocycles. The summed E-state index contributed by atoms with van der Waals surface area (Å²) in [7, 11) is 0. The van der Waals surface area contributed by atoms with Crippen molar-refractivity contribution in [3.05, 3.63) is 70.8 Å². The Hall–Kier alpha value is -1.71. The van der Waals surface area contributed by atoms with Crippen LogP contribution in [0, 0.1) is 6.92 Å². The first-order valence-electron chi connectivity index (χ1n) is 7.08. The van der Waals surface area contributed by atoms with Crippen molar-refractivity contribution in [1.82, 2.24) is 0 Å². The zero-order valence-corrected chi connectivity index (χ0v) is 13.8. The highest BCUT2D eigenvalue weighted by molar-refractivity contribution is 8.01. The Morgan fingerprint density at radius 2 is 2.00 bits per heavy atom. The Morgan fingerprint density at radius 3 is 2.77 bits per heavy atom. The molecule has 0 aliphatic carbocycles. The van der Waals surface area contributed by atoms with Crippen LogP contribution in [0.1, 0.15) is 11.1 Å². The molecule has 0 spiro atoms. The highest BCUT2D eigenvalue weighted by atomic mass is 35.5. The van der Waals surface area contributed by atoms with Gasteiger partial charge in [0.1, 0.15) is 5.37 Å². The lowest BCUT2D eigenvalue weighted by atomic mass is 10.1. The first-order chi connectivity index (χ1) is 10.6. The second-order valence-electron chi connectivity index (χ2n) is 5.17. The molecule has 2 aromatic rings. The number of amides is 1. The number of hydrogen-bond acceptors (Lipinski definition) is 2. The predicted octanol–water partition coefficient (Wildman–Crippen LogP) is 4.77. The molecule has 1 aliphatic heterocycles. The van der Waals surface area contributed by atoms with E-state index in [1.807, 2.05) is 60.4 Å². The number of benzene rings is 2. The summed E-state index contributed by atoms with van der Waals surface area (Å²) >= 11 is 7.73. The molecule has 3 rings (SSSR count). The molecule has 2 aromatic carbocycles. The smallest absolute Gasteiger partial charge is 0.238 e. The largest absolute Gasteiger partial charge is 0.295 e. The Balaban J connectivity index is 1.90. The van der Waals surface area contributed by atoms with E-state index in [1.54, 1.807) is 11.8 Å². The molecule has 0 bridgehead atoms. The molecule has 22 heavy (non-hydrogen) atoms. The first-order valence-corrected chi connectivity index (χ1v) is 8.51. The van der Waals surface area contributed by atoms with Gasteiger partial charge in [0, 0.05) is 10.7 Å². The number of carbonyl (C=O) groups is 1. The van der Waals surface area contributed by atoms with Gasteiger partial charge in [0.25, 0.3) is 0 Å². The number of carbonyl (C=O) groups excluding carboxylic acids is 1. The number of hydrogen-bond donors (Lipinski definition) is 0. The quantitative estimate of drug-likeness (QED) is 0.808. The summed E-state index contributed by atoms with van der Waals surface area (Å²) in [5.41, 5.74) is 3.08. The van der Waals surface area contributed by atoms with E-state index in [0.29, 0.717) is 10.8 Å². The molecule has 0 radical (unpaired) electrons. The second-order valence-corrected chi connectivity index (χ2v) is 6.71. The molecule has 1 saturated heterocycles. The van der Waals surface area contributed by atoms with Gasteiger partial charge in [-0.2, -0.15) is 0 Å². The van der Waals surface area contributed by atoms with Crippen LogP contribution in [0.5, 0.6) is 0 Å². The summed E-state index contributed by atoms with van der Waals surface area (Å²) in [6.07, 6.45) is 4.13. The van der Waals surface area contributed by atoms with Gasteiger partial charge >= 0.3 is 0 Å². The lowest BCUT2D eigenvalue weighted by Crippen LogP contribution is -2.32. The Kier molecular flexibility index (Phi) is 4.55.